The van der Waals surface area contributed by atoms with E-state index >= 15 is 0 Å². The van der Waals surface area contributed by atoms with E-state index in [-0.39, 0.29) is 22.0 Å². The summed E-state index contributed by atoms with van der Waals surface area (Å²) in [5.74, 6) is -0.337. The fraction of sp³-hybridized carbons (Fsp3) is 0.0526. The Morgan fingerprint density at radius 3 is 2.37 bits per heavy atom. The number of carbonyl (C=O) groups excluding carboxylic acids is 1. The molecule has 0 aliphatic heterocycles. The summed E-state index contributed by atoms with van der Waals surface area (Å²) in [4.78, 5) is 20.3. The summed E-state index contributed by atoms with van der Waals surface area (Å²) >= 11 is 6.19. The van der Waals surface area contributed by atoms with Gasteiger partial charge in [0, 0.05) is 5.69 Å². The molecule has 4 rings (SSSR count). The van der Waals surface area contributed by atoms with Gasteiger partial charge in [0.2, 0.25) is 0 Å². The molecule has 7 nitrogen and oxygen atoms in total. The molecule has 30 heavy (non-hydrogen) atoms. The predicted octanol–water partition coefficient (Wildman–Crippen LogP) is 5.29. The molecule has 0 bridgehead atoms. The first-order valence-corrected chi connectivity index (χ1v) is 8.79. The maximum absolute atomic E-state index is 12.7. The van der Waals surface area contributed by atoms with Crippen LogP contribution in [0.4, 0.5) is 30.4 Å². The van der Waals surface area contributed by atoms with Crippen molar-refractivity contribution in [3.8, 4) is 0 Å². The Balaban J connectivity index is 1.64. The summed E-state index contributed by atoms with van der Waals surface area (Å²) < 4.78 is 43.4. The third-order valence-corrected chi connectivity index (χ3v) is 4.43. The zero-order valence-electron chi connectivity index (χ0n) is 14.9. The number of amides is 1. The van der Waals surface area contributed by atoms with Crippen LogP contribution < -0.4 is 10.6 Å². The SMILES string of the molecule is O=C(Nc1cncnc1)c1c(Cl)ccc2c(Nc3ccc(C(F)(F)F)cc3)noc12. The zero-order chi connectivity index (χ0) is 21.3. The first-order valence-electron chi connectivity index (χ1n) is 8.41. The lowest BCUT2D eigenvalue weighted by atomic mass is 10.1. The summed E-state index contributed by atoms with van der Waals surface area (Å²) in [5.41, 5.74) is 0.115. The van der Waals surface area contributed by atoms with Gasteiger partial charge >= 0.3 is 6.18 Å². The summed E-state index contributed by atoms with van der Waals surface area (Å²) in [6.07, 6.45) is -0.283. The van der Waals surface area contributed by atoms with Gasteiger partial charge in [-0.25, -0.2) is 9.97 Å². The largest absolute Gasteiger partial charge is 0.416 e. The molecule has 2 aromatic carbocycles. The molecule has 2 N–H and O–H groups in total. The lowest BCUT2D eigenvalue weighted by molar-refractivity contribution is -0.137. The molecule has 0 spiro atoms. The number of rotatable bonds is 4. The van der Waals surface area contributed by atoms with E-state index in [1.165, 1.54) is 36.9 Å². The second-order valence-electron chi connectivity index (χ2n) is 6.11. The van der Waals surface area contributed by atoms with Gasteiger partial charge in [0.1, 0.15) is 11.9 Å². The lowest BCUT2D eigenvalue weighted by Gasteiger charge is -2.08. The Bertz CT molecular complexity index is 1210. The highest BCUT2D eigenvalue weighted by Gasteiger charge is 2.30. The van der Waals surface area contributed by atoms with E-state index in [4.69, 9.17) is 16.1 Å². The summed E-state index contributed by atoms with van der Waals surface area (Å²) in [6, 6.07) is 7.51. The molecule has 2 heterocycles. The number of anilines is 3. The number of aromatic nitrogens is 3. The highest BCUT2D eigenvalue weighted by molar-refractivity contribution is 6.36. The van der Waals surface area contributed by atoms with Gasteiger partial charge in [-0.2, -0.15) is 13.2 Å². The second-order valence-corrected chi connectivity index (χ2v) is 6.52. The van der Waals surface area contributed by atoms with Crippen molar-refractivity contribution in [2.75, 3.05) is 10.6 Å². The maximum atomic E-state index is 12.7. The normalized spacial score (nSPS) is 11.5. The van der Waals surface area contributed by atoms with Crippen molar-refractivity contribution in [3.63, 3.8) is 0 Å². The first kappa shape index (κ1) is 19.6. The first-order chi connectivity index (χ1) is 14.3. The number of hydrogen-bond acceptors (Lipinski definition) is 6. The Kier molecular flexibility index (Phi) is 5.00. The number of hydrogen-bond donors (Lipinski definition) is 2. The minimum atomic E-state index is -4.43. The molecule has 0 unspecified atom stereocenters. The van der Waals surface area contributed by atoms with Crippen LogP contribution in [0.5, 0.6) is 0 Å². The number of alkyl halides is 3. The summed E-state index contributed by atoms with van der Waals surface area (Å²) in [5, 5.41) is 9.92. The van der Waals surface area contributed by atoms with E-state index < -0.39 is 17.6 Å². The van der Waals surface area contributed by atoms with Crippen LogP contribution in [0.1, 0.15) is 15.9 Å². The summed E-state index contributed by atoms with van der Waals surface area (Å²) in [7, 11) is 0. The highest BCUT2D eigenvalue weighted by Crippen LogP contribution is 2.34. The van der Waals surface area contributed by atoms with Gasteiger partial charge in [-0.1, -0.05) is 16.8 Å². The Morgan fingerprint density at radius 2 is 1.70 bits per heavy atom. The van der Waals surface area contributed by atoms with Crippen LogP contribution in [0.3, 0.4) is 0 Å². The molecule has 0 fully saturated rings. The van der Waals surface area contributed by atoms with Crippen LogP contribution in [0.25, 0.3) is 11.0 Å². The van der Waals surface area contributed by atoms with Crippen LogP contribution in [-0.4, -0.2) is 21.0 Å². The highest BCUT2D eigenvalue weighted by atomic mass is 35.5. The minimum Gasteiger partial charge on any atom is -0.353 e. The van der Waals surface area contributed by atoms with E-state index in [2.05, 4.69) is 25.8 Å². The van der Waals surface area contributed by atoms with Gasteiger partial charge in [0.15, 0.2) is 11.4 Å². The van der Waals surface area contributed by atoms with Crippen molar-refractivity contribution in [1.82, 2.24) is 15.1 Å². The van der Waals surface area contributed by atoms with Crippen molar-refractivity contribution in [2.24, 2.45) is 0 Å². The quantitative estimate of drug-likeness (QED) is 0.454. The van der Waals surface area contributed by atoms with Crippen LogP contribution in [0, 0.1) is 0 Å². The molecular formula is C19H11ClF3N5O2. The molecule has 0 saturated heterocycles. The van der Waals surface area contributed by atoms with Gasteiger partial charge < -0.3 is 15.2 Å². The van der Waals surface area contributed by atoms with Gasteiger partial charge in [-0.3, -0.25) is 4.79 Å². The van der Waals surface area contributed by atoms with Crippen LogP contribution >= 0.6 is 11.6 Å². The molecule has 0 atom stereocenters. The predicted molar refractivity (Wildman–Crippen MR) is 104 cm³/mol. The third-order valence-electron chi connectivity index (χ3n) is 4.11. The molecular weight excluding hydrogens is 423 g/mol. The molecule has 152 valence electrons. The van der Waals surface area contributed by atoms with Gasteiger partial charge in [0.25, 0.3) is 5.91 Å². The van der Waals surface area contributed by atoms with Gasteiger partial charge in [-0.15, -0.1) is 0 Å². The fourth-order valence-electron chi connectivity index (χ4n) is 2.72. The van der Waals surface area contributed by atoms with Crippen LogP contribution in [0.2, 0.25) is 5.02 Å². The summed E-state index contributed by atoms with van der Waals surface area (Å²) in [6.45, 7) is 0. The monoisotopic (exact) mass is 433 g/mol. The number of nitrogens with one attached hydrogen (secondary N) is 2. The van der Waals surface area contributed by atoms with Crippen molar-refractivity contribution < 1.29 is 22.5 Å². The average molecular weight is 434 g/mol. The Labute approximate surface area is 171 Å². The van der Waals surface area contributed by atoms with Gasteiger partial charge in [0.05, 0.1) is 34.1 Å². The molecule has 0 saturated carbocycles. The molecule has 0 radical (unpaired) electrons. The number of halogens is 4. The number of nitrogens with zero attached hydrogens (tertiary/aromatic N) is 3. The fourth-order valence-corrected chi connectivity index (χ4v) is 2.95. The molecule has 4 aromatic rings. The standard InChI is InChI=1S/C19H11ClF3N5O2/c20-14-6-5-13-16(15(14)18(29)27-12-7-24-9-25-8-12)30-28-17(13)26-11-3-1-10(2-4-11)19(21,22)23/h1-9H,(H,26,28)(H,27,29). The van der Waals surface area contributed by atoms with Crippen molar-refractivity contribution in [1.29, 1.82) is 0 Å². The van der Waals surface area contributed by atoms with Crippen molar-refractivity contribution in [2.45, 2.75) is 6.18 Å². The van der Waals surface area contributed by atoms with E-state index in [1.807, 2.05) is 0 Å². The van der Waals surface area contributed by atoms with E-state index in [0.29, 0.717) is 16.8 Å². The third kappa shape index (κ3) is 3.90. The zero-order valence-corrected chi connectivity index (χ0v) is 15.6. The number of benzene rings is 2. The molecule has 2 aromatic heterocycles. The van der Waals surface area contributed by atoms with E-state index in [0.717, 1.165) is 12.1 Å². The number of carbonyl (C=O) groups is 1. The van der Waals surface area contributed by atoms with Gasteiger partial charge in [-0.05, 0) is 36.4 Å². The molecule has 0 aliphatic rings. The minimum absolute atomic E-state index is 0.0472. The van der Waals surface area contributed by atoms with Crippen LogP contribution in [0.15, 0.2) is 59.6 Å². The topological polar surface area (TPSA) is 92.9 Å². The van der Waals surface area contributed by atoms with E-state index in [9.17, 15) is 18.0 Å². The van der Waals surface area contributed by atoms with Crippen LogP contribution in [-0.2, 0) is 6.18 Å². The molecule has 1 amide bonds. The lowest BCUT2D eigenvalue weighted by Crippen LogP contribution is -2.13. The maximum Gasteiger partial charge on any atom is 0.416 e. The Hall–Kier alpha value is -3.66. The Morgan fingerprint density at radius 1 is 1.00 bits per heavy atom. The molecule has 0 aliphatic carbocycles. The van der Waals surface area contributed by atoms with E-state index in [1.54, 1.807) is 6.07 Å². The number of fused-ring (bicyclic) bond motifs is 1. The second kappa shape index (κ2) is 7.64. The molecule has 11 heteroatoms. The van der Waals surface area contributed by atoms with Crippen molar-refractivity contribution in [3.05, 3.63) is 71.3 Å². The smallest absolute Gasteiger partial charge is 0.353 e. The average Bonchev–Trinajstić information content (AvgIpc) is 3.10. The van der Waals surface area contributed by atoms with Crippen molar-refractivity contribution >= 4 is 45.7 Å².